The van der Waals surface area contributed by atoms with Crippen molar-refractivity contribution in [3.8, 4) is 5.13 Å². The minimum Gasteiger partial charge on any atom is -0.325 e. The molecule has 0 saturated heterocycles. The van der Waals surface area contributed by atoms with Crippen LogP contribution in [0.25, 0.3) is 5.13 Å². The second kappa shape index (κ2) is 5.71. The van der Waals surface area contributed by atoms with Crippen molar-refractivity contribution in [2.24, 2.45) is 5.73 Å². The molecule has 1 aromatic carbocycles. The van der Waals surface area contributed by atoms with Crippen molar-refractivity contribution in [3.63, 3.8) is 0 Å². The number of benzene rings is 1. The van der Waals surface area contributed by atoms with Crippen LogP contribution in [-0.4, -0.2) is 20.0 Å². The van der Waals surface area contributed by atoms with Crippen molar-refractivity contribution < 1.29 is 4.39 Å². The molecule has 0 amide bonds. The zero-order chi connectivity index (χ0) is 14.8. The van der Waals surface area contributed by atoms with Gasteiger partial charge in [-0.3, -0.25) is 0 Å². The molecular formula is C14H14FN5S. The molecule has 5 nitrogen and oxygen atoms in total. The minimum atomic E-state index is -0.250. The summed E-state index contributed by atoms with van der Waals surface area (Å²) in [6, 6.07) is 6.39. The Hall–Kier alpha value is -2.12. The van der Waals surface area contributed by atoms with Crippen LogP contribution in [0.4, 0.5) is 4.39 Å². The van der Waals surface area contributed by atoms with E-state index >= 15 is 0 Å². The Morgan fingerprint density at radius 3 is 2.67 bits per heavy atom. The Morgan fingerprint density at radius 1 is 1.29 bits per heavy atom. The number of aromatic nitrogens is 4. The standard InChI is InChI=1S/C14H14FN5S/c1-9-8-21-14(17-9)20-13(12(7-16)18-19-20)6-10-2-4-11(15)5-3-10/h2-5,8H,6-7,16H2,1H3. The highest BCUT2D eigenvalue weighted by Gasteiger charge is 2.15. The van der Waals surface area contributed by atoms with E-state index in [2.05, 4.69) is 15.3 Å². The Labute approximate surface area is 125 Å². The lowest BCUT2D eigenvalue weighted by molar-refractivity contribution is 0.627. The average Bonchev–Trinajstić information content (AvgIpc) is 3.07. The molecule has 0 radical (unpaired) electrons. The second-order valence-corrected chi connectivity index (χ2v) is 5.51. The minimum absolute atomic E-state index is 0.250. The van der Waals surface area contributed by atoms with Gasteiger partial charge in [-0.15, -0.1) is 16.4 Å². The quantitative estimate of drug-likeness (QED) is 0.802. The van der Waals surface area contributed by atoms with Gasteiger partial charge in [0.25, 0.3) is 0 Å². The number of thiazole rings is 1. The molecule has 7 heteroatoms. The van der Waals surface area contributed by atoms with Gasteiger partial charge in [0, 0.05) is 18.3 Å². The summed E-state index contributed by atoms with van der Waals surface area (Å²) in [7, 11) is 0. The van der Waals surface area contributed by atoms with Gasteiger partial charge in [-0.1, -0.05) is 17.3 Å². The molecule has 0 spiro atoms. The van der Waals surface area contributed by atoms with Crippen LogP contribution in [0.3, 0.4) is 0 Å². The van der Waals surface area contributed by atoms with Gasteiger partial charge in [0.2, 0.25) is 5.13 Å². The third-order valence-corrected chi connectivity index (χ3v) is 4.04. The van der Waals surface area contributed by atoms with Crippen LogP contribution in [-0.2, 0) is 13.0 Å². The molecule has 0 unspecified atom stereocenters. The van der Waals surface area contributed by atoms with Crippen LogP contribution in [0.5, 0.6) is 0 Å². The molecule has 108 valence electrons. The van der Waals surface area contributed by atoms with E-state index in [1.165, 1.54) is 23.5 Å². The lowest BCUT2D eigenvalue weighted by Gasteiger charge is -2.05. The molecule has 0 aliphatic heterocycles. The molecule has 3 rings (SSSR count). The third kappa shape index (κ3) is 2.84. The second-order valence-electron chi connectivity index (χ2n) is 4.67. The Bertz CT molecular complexity index is 747. The zero-order valence-electron chi connectivity index (χ0n) is 11.5. The SMILES string of the molecule is Cc1csc(-n2nnc(CN)c2Cc2ccc(F)cc2)n1. The average molecular weight is 303 g/mol. The van der Waals surface area contributed by atoms with Gasteiger partial charge in [0.1, 0.15) is 11.5 Å². The summed E-state index contributed by atoms with van der Waals surface area (Å²) in [5.74, 6) is -0.250. The van der Waals surface area contributed by atoms with Crippen LogP contribution < -0.4 is 5.73 Å². The first-order chi connectivity index (χ1) is 10.2. The van der Waals surface area contributed by atoms with E-state index in [9.17, 15) is 4.39 Å². The molecule has 2 N–H and O–H groups in total. The van der Waals surface area contributed by atoms with Crippen molar-refractivity contribution in [3.05, 3.63) is 58.1 Å². The molecule has 0 aliphatic rings. The molecule has 2 aromatic heterocycles. The summed E-state index contributed by atoms with van der Waals surface area (Å²) in [6.45, 7) is 2.24. The number of nitrogens with zero attached hydrogens (tertiary/aromatic N) is 4. The van der Waals surface area contributed by atoms with E-state index in [-0.39, 0.29) is 5.82 Å². The van der Waals surface area contributed by atoms with E-state index < -0.39 is 0 Å². The normalized spacial score (nSPS) is 11.0. The Kier molecular flexibility index (Phi) is 3.76. The molecule has 2 heterocycles. The van der Waals surface area contributed by atoms with Crippen molar-refractivity contribution in [1.82, 2.24) is 20.0 Å². The molecule has 21 heavy (non-hydrogen) atoms. The number of halogens is 1. The molecule has 0 atom stereocenters. The number of aryl methyl sites for hydroxylation is 1. The maximum absolute atomic E-state index is 13.0. The van der Waals surface area contributed by atoms with Gasteiger partial charge < -0.3 is 5.73 Å². The third-order valence-electron chi connectivity index (χ3n) is 3.11. The lowest BCUT2D eigenvalue weighted by Crippen LogP contribution is -2.07. The van der Waals surface area contributed by atoms with Gasteiger partial charge >= 0.3 is 0 Å². The van der Waals surface area contributed by atoms with E-state index in [0.29, 0.717) is 13.0 Å². The summed E-state index contributed by atoms with van der Waals surface area (Å²) >= 11 is 1.50. The highest BCUT2D eigenvalue weighted by molar-refractivity contribution is 7.12. The molecule has 0 aliphatic carbocycles. The Balaban J connectivity index is 1.99. The largest absolute Gasteiger partial charge is 0.325 e. The van der Waals surface area contributed by atoms with Crippen LogP contribution in [0.15, 0.2) is 29.6 Å². The fraction of sp³-hybridized carbons (Fsp3) is 0.214. The number of hydrogen-bond donors (Lipinski definition) is 1. The molecule has 0 saturated carbocycles. The monoisotopic (exact) mass is 303 g/mol. The van der Waals surface area contributed by atoms with E-state index in [1.807, 2.05) is 12.3 Å². The summed E-state index contributed by atoms with van der Waals surface area (Å²) in [4.78, 5) is 4.42. The predicted molar refractivity (Wildman–Crippen MR) is 78.9 cm³/mol. The smallest absolute Gasteiger partial charge is 0.212 e. The zero-order valence-corrected chi connectivity index (χ0v) is 12.3. The Morgan fingerprint density at radius 2 is 2.05 bits per heavy atom. The fourth-order valence-corrected chi connectivity index (χ4v) is 2.83. The molecule has 0 bridgehead atoms. The van der Waals surface area contributed by atoms with Crippen molar-refractivity contribution in [2.75, 3.05) is 0 Å². The summed E-state index contributed by atoms with van der Waals surface area (Å²) in [5.41, 5.74) is 9.26. The van der Waals surface area contributed by atoms with Crippen molar-refractivity contribution >= 4 is 11.3 Å². The van der Waals surface area contributed by atoms with Crippen molar-refractivity contribution in [1.29, 1.82) is 0 Å². The van der Waals surface area contributed by atoms with Crippen LogP contribution in [0.1, 0.15) is 22.6 Å². The lowest BCUT2D eigenvalue weighted by atomic mass is 10.1. The van der Waals surface area contributed by atoms with Crippen LogP contribution >= 0.6 is 11.3 Å². The topological polar surface area (TPSA) is 69.6 Å². The van der Waals surface area contributed by atoms with Crippen molar-refractivity contribution in [2.45, 2.75) is 19.9 Å². The van der Waals surface area contributed by atoms with Gasteiger partial charge in [-0.05, 0) is 24.6 Å². The summed E-state index contributed by atoms with van der Waals surface area (Å²) in [6.07, 6.45) is 0.582. The van der Waals surface area contributed by atoms with E-state index in [0.717, 1.165) is 27.8 Å². The number of hydrogen-bond acceptors (Lipinski definition) is 5. The highest BCUT2D eigenvalue weighted by Crippen LogP contribution is 2.20. The van der Waals surface area contributed by atoms with E-state index in [1.54, 1.807) is 16.8 Å². The first-order valence-corrected chi connectivity index (χ1v) is 7.36. The van der Waals surface area contributed by atoms with Gasteiger partial charge in [-0.2, -0.15) is 4.68 Å². The first kappa shape index (κ1) is 13.8. The molecular weight excluding hydrogens is 289 g/mol. The van der Waals surface area contributed by atoms with Gasteiger partial charge in [0.15, 0.2) is 0 Å². The fourth-order valence-electron chi connectivity index (χ4n) is 2.06. The molecule has 0 fully saturated rings. The van der Waals surface area contributed by atoms with Crippen LogP contribution in [0.2, 0.25) is 0 Å². The first-order valence-electron chi connectivity index (χ1n) is 6.48. The maximum atomic E-state index is 13.0. The van der Waals surface area contributed by atoms with Gasteiger partial charge in [-0.25, -0.2) is 9.37 Å². The number of rotatable bonds is 4. The van der Waals surface area contributed by atoms with Gasteiger partial charge in [0.05, 0.1) is 11.4 Å². The van der Waals surface area contributed by atoms with E-state index in [4.69, 9.17) is 5.73 Å². The summed E-state index contributed by atoms with van der Waals surface area (Å²) < 4.78 is 14.7. The maximum Gasteiger partial charge on any atom is 0.212 e. The highest BCUT2D eigenvalue weighted by atomic mass is 32.1. The molecule has 3 aromatic rings. The van der Waals surface area contributed by atoms with Crippen LogP contribution in [0, 0.1) is 12.7 Å². The number of nitrogens with two attached hydrogens (primary N) is 1. The summed E-state index contributed by atoms with van der Waals surface area (Å²) in [5, 5.41) is 11.0. The predicted octanol–water partition coefficient (Wildman–Crippen LogP) is 2.22.